The van der Waals surface area contributed by atoms with Gasteiger partial charge in [-0.3, -0.25) is 0 Å². The zero-order valence-electron chi connectivity index (χ0n) is 14.2. The molecule has 0 aromatic heterocycles. The summed E-state index contributed by atoms with van der Waals surface area (Å²) in [5.41, 5.74) is -0.312. The van der Waals surface area contributed by atoms with Crippen LogP contribution in [0.2, 0.25) is 0 Å². The van der Waals surface area contributed by atoms with Gasteiger partial charge in [-0.05, 0) is 23.7 Å². The molecule has 0 saturated carbocycles. The molecule has 0 aliphatic heterocycles. The molecule has 0 heterocycles. The van der Waals surface area contributed by atoms with Crippen molar-refractivity contribution in [3.63, 3.8) is 0 Å². The lowest BCUT2D eigenvalue weighted by atomic mass is 9.86. The maximum absolute atomic E-state index is 11.9. The number of hydrogen-bond donors (Lipinski definition) is 2. The summed E-state index contributed by atoms with van der Waals surface area (Å²) in [5, 5.41) is 5.47. The number of esters is 1. The third kappa shape index (κ3) is 7.73. The van der Waals surface area contributed by atoms with Gasteiger partial charge in [-0.25, -0.2) is 9.59 Å². The van der Waals surface area contributed by atoms with Crippen molar-refractivity contribution >= 4 is 12.0 Å². The van der Waals surface area contributed by atoms with Gasteiger partial charge >= 0.3 is 12.0 Å². The number of rotatable bonds is 7. The molecule has 0 aliphatic rings. The Kier molecular flexibility index (Phi) is 7.47. The summed E-state index contributed by atoms with van der Waals surface area (Å²) in [6, 6.07) is -1.03. The minimum atomic E-state index is -0.677. The number of urea groups is 1. The molecule has 0 fully saturated rings. The summed E-state index contributed by atoms with van der Waals surface area (Å²) >= 11 is 0. The van der Waals surface area contributed by atoms with E-state index in [4.69, 9.17) is 4.74 Å². The van der Waals surface area contributed by atoms with Crippen LogP contribution in [0, 0.1) is 10.8 Å². The summed E-state index contributed by atoms with van der Waals surface area (Å²) < 4.78 is 4.74. The third-order valence-corrected chi connectivity index (χ3v) is 3.36. The first kappa shape index (κ1) is 19.5. The fourth-order valence-corrected chi connectivity index (χ4v) is 1.94. The molecular weight excluding hydrogens is 268 g/mol. The maximum atomic E-state index is 11.9. The highest BCUT2D eigenvalue weighted by atomic mass is 16.5. The number of allylic oxidation sites excluding steroid dienone is 1. The first-order valence-electron chi connectivity index (χ1n) is 7.26. The molecule has 0 rings (SSSR count). The van der Waals surface area contributed by atoms with Crippen LogP contribution in [0.4, 0.5) is 4.79 Å². The molecule has 0 aliphatic carbocycles. The number of nitrogens with one attached hydrogen (secondary N) is 2. The van der Waals surface area contributed by atoms with Gasteiger partial charge in [0.2, 0.25) is 0 Å². The standard InChI is InChI=1S/C16H30N2O3/c1-8-9-16(5,6)10-11-17-14(20)18-12(13(19)21-7)15(2,3)4/h8,12H,1,9-11H2,2-7H3,(H2,17,18,20). The minimum absolute atomic E-state index is 0.0980. The van der Waals surface area contributed by atoms with Crippen LogP contribution in [-0.2, 0) is 9.53 Å². The van der Waals surface area contributed by atoms with Gasteiger partial charge in [0.25, 0.3) is 0 Å². The Hall–Kier alpha value is -1.52. The number of carbonyl (C=O) groups is 2. The fraction of sp³-hybridized carbons (Fsp3) is 0.750. The van der Waals surface area contributed by atoms with Crippen molar-refractivity contribution in [1.82, 2.24) is 10.6 Å². The van der Waals surface area contributed by atoms with Crippen molar-refractivity contribution < 1.29 is 14.3 Å². The van der Waals surface area contributed by atoms with Crippen molar-refractivity contribution in [2.75, 3.05) is 13.7 Å². The molecule has 1 atom stereocenters. The maximum Gasteiger partial charge on any atom is 0.328 e. The van der Waals surface area contributed by atoms with E-state index in [0.29, 0.717) is 6.54 Å². The van der Waals surface area contributed by atoms with E-state index in [9.17, 15) is 9.59 Å². The average Bonchev–Trinajstić information content (AvgIpc) is 2.33. The molecule has 0 spiro atoms. The largest absolute Gasteiger partial charge is 0.467 e. The molecule has 0 aromatic rings. The van der Waals surface area contributed by atoms with Crippen LogP contribution in [-0.4, -0.2) is 31.7 Å². The van der Waals surface area contributed by atoms with E-state index in [2.05, 4.69) is 31.1 Å². The van der Waals surface area contributed by atoms with E-state index >= 15 is 0 Å². The quantitative estimate of drug-likeness (QED) is 0.561. The van der Waals surface area contributed by atoms with Crippen LogP contribution < -0.4 is 10.6 Å². The van der Waals surface area contributed by atoms with Gasteiger partial charge in [0.15, 0.2) is 0 Å². The van der Waals surface area contributed by atoms with Crippen LogP contribution in [0.1, 0.15) is 47.5 Å². The molecule has 1 unspecified atom stereocenters. The summed E-state index contributed by atoms with van der Waals surface area (Å²) in [5.74, 6) is -0.440. The van der Waals surface area contributed by atoms with E-state index in [1.54, 1.807) is 0 Å². The number of carbonyl (C=O) groups excluding carboxylic acids is 2. The number of hydrogen-bond acceptors (Lipinski definition) is 3. The molecule has 2 amide bonds. The predicted octanol–water partition coefficient (Wildman–Crippen LogP) is 2.87. The molecule has 0 radical (unpaired) electrons. The topological polar surface area (TPSA) is 67.4 Å². The number of ether oxygens (including phenoxy) is 1. The van der Waals surface area contributed by atoms with Crippen LogP contribution in [0.25, 0.3) is 0 Å². The van der Waals surface area contributed by atoms with Crippen molar-refractivity contribution in [3.05, 3.63) is 12.7 Å². The lowest BCUT2D eigenvalue weighted by molar-refractivity contribution is -0.145. The lowest BCUT2D eigenvalue weighted by Crippen LogP contribution is -2.52. The summed E-state index contributed by atoms with van der Waals surface area (Å²) in [7, 11) is 1.32. The molecule has 21 heavy (non-hydrogen) atoms. The van der Waals surface area contributed by atoms with Gasteiger partial charge in [0.05, 0.1) is 7.11 Å². The van der Waals surface area contributed by atoms with Crippen LogP contribution in [0.3, 0.4) is 0 Å². The molecule has 0 aromatic carbocycles. The average molecular weight is 298 g/mol. The Bertz CT molecular complexity index is 370. The van der Waals surface area contributed by atoms with Crippen LogP contribution in [0.15, 0.2) is 12.7 Å². The highest BCUT2D eigenvalue weighted by Gasteiger charge is 2.33. The smallest absolute Gasteiger partial charge is 0.328 e. The molecule has 0 bridgehead atoms. The monoisotopic (exact) mass is 298 g/mol. The highest BCUT2D eigenvalue weighted by Crippen LogP contribution is 2.24. The molecule has 122 valence electrons. The predicted molar refractivity (Wildman–Crippen MR) is 85.0 cm³/mol. The lowest BCUT2D eigenvalue weighted by Gasteiger charge is -2.29. The number of methoxy groups -OCH3 is 1. The summed E-state index contributed by atoms with van der Waals surface area (Å²) in [6.07, 6.45) is 3.61. The summed E-state index contributed by atoms with van der Waals surface area (Å²) in [6.45, 7) is 14.2. The van der Waals surface area contributed by atoms with Gasteiger partial charge in [0, 0.05) is 6.54 Å². The Morgan fingerprint density at radius 3 is 2.24 bits per heavy atom. The van der Waals surface area contributed by atoms with E-state index in [0.717, 1.165) is 12.8 Å². The zero-order chi connectivity index (χ0) is 16.7. The second-order valence-electron chi connectivity index (χ2n) is 7.13. The Morgan fingerprint density at radius 1 is 1.24 bits per heavy atom. The first-order chi connectivity index (χ1) is 9.53. The molecule has 5 heteroatoms. The first-order valence-corrected chi connectivity index (χ1v) is 7.26. The van der Waals surface area contributed by atoms with Crippen LogP contribution in [0.5, 0.6) is 0 Å². The third-order valence-electron chi connectivity index (χ3n) is 3.36. The number of amides is 2. The zero-order valence-corrected chi connectivity index (χ0v) is 14.2. The molecule has 2 N–H and O–H groups in total. The van der Waals surface area contributed by atoms with Crippen molar-refractivity contribution in [2.45, 2.75) is 53.5 Å². The van der Waals surface area contributed by atoms with E-state index in [-0.39, 0.29) is 11.4 Å². The second kappa shape index (κ2) is 8.05. The Labute approximate surface area is 128 Å². The van der Waals surface area contributed by atoms with Crippen LogP contribution >= 0.6 is 0 Å². The van der Waals surface area contributed by atoms with E-state index < -0.39 is 17.4 Å². The normalized spacial score (nSPS) is 13.2. The molecule has 5 nitrogen and oxygen atoms in total. The van der Waals surface area contributed by atoms with Gasteiger partial charge in [-0.2, -0.15) is 0 Å². The Balaban J connectivity index is 4.40. The fourth-order valence-electron chi connectivity index (χ4n) is 1.94. The highest BCUT2D eigenvalue weighted by molar-refractivity contribution is 5.84. The van der Waals surface area contributed by atoms with E-state index in [1.807, 2.05) is 26.8 Å². The van der Waals surface area contributed by atoms with Gasteiger partial charge < -0.3 is 15.4 Å². The summed E-state index contributed by atoms with van der Waals surface area (Å²) in [4.78, 5) is 23.7. The van der Waals surface area contributed by atoms with Gasteiger partial charge in [-0.15, -0.1) is 6.58 Å². The van der Waals surface area contributed by atoms with Gasteiger partial charge in [-0.1, -0.05) is 40.7 Å². The molecule has 0 saturated heterocycles. The van der Waals surface area contributed by atoms with Crippen molar-refractivity contribution in [2.24, 2.45) is 10.8 Å². The minimum Gasteiger partial charge on any atom is -0.467 e. The SMILES string of the molecule is C=CCC(C)(C)CCNC(=O)NC(C(=O)OC)C(C)(C)C. The van der Waals surface area contributed by atoms with E-state index in [1.165, 1.54) is 7.11 Å². The van der Waals surface area contributed by atoms with Crippen molar-refractivity contribution in [3.8, 4) is 0 Å². The Morgan fingerprint density at radius 2 is 1.81 bits per heavy atom. The van der Waals surface area contributed by atoms with Gasteiger partial charge in [0.1, 0.15) is 6.04 Å². The molecular formula is C16H30N2O3. The van der Waals surface area contributed by atoms with Crippen molar-refractivity contribution in [1.29, 1.82) is 0 Å². The second-order valence-corrected chi connectivity index (χ2v) is 7.13.